The fraction of sp³-hybridized carbons (Fsp3) is 0.545. The largest absolute Gasteiger partial charge is 0.358 e. The van der Waals surface area contributed by atoms with E-state index in [0.29, 0.717) is 0 Å². The van der Waals surface area contributed by atoms with Crippen LogP contribution >= 0.6 is 0 Å². The maximum absolute atomic E-state index is 4.36. The Kier molecular flexibility index (Phi) is 4.40. The lowest BCUT2D eigenvalue weighted by Gasteiger charge is -2.18. The van der Waals surface area contributed by atoms with Crippen LogP contribution in [0.3, 0.4) is 0 Å². The van der Waals surface area contributed by atoms with Crippen molar-refractivity contribution in [3.8, 4) is 0 Å². The molecule has 0 radical (unpaired) electrons. The van der Waals surface area contributed by atoms with E-state index in [2.05, 4.69) is 48.2 Å². The lowest BCUT2D eigenvalue weighted by atomic mass is 10.3. The van der Waals surface area contributed by atoms with Crippen molar-refractivity contribution in [2.45, 2.75) is 13.8 Å². The molecule has 0 fully saturated rings. The molecule has 14 heavy (non-hydrogen) atoms. The number of pyridine rings is 1. The minimum atomic E-state index is 0.990. The van der Waals surface area contributed by atoms with Crippen LogP contribution in [0, 0.1) is 6.92 Å². The van der Waals surface area contributed by atoms with Gasteiger partial charge in [-0.25, -0.2) is 4.98 Å². The van der Waals surface area contributed by atoms with Crippen LogP contribution in [0.25, 0.3) is 0 Å². The second kappa shape index (κ2) is 5.60. The maximum Gasteiger partial charge on any atom is 0.128 e. The van der Waals surface area contributed by atoms with Crippen LogP contribution in [0.2, 0.25) is 0 Å². The number of nitrogens with one attached hydrogen (secondary N) is 1. The van der Waals surface area contributed by atoms with Gasteiger partial charge in [-0.15, -0.1) is 0 Å². The van der Waals surface area contributed by atoms with E-state index in [-0.39, 0.29) is 0 Å². The number of aromatic nitrogens is 1. The van der Waals surface area contributed by atoms with Crippen LogP contribution in [0.15, 0.2) is 18.3 Å². The minimum absolute atomic E-state index is 0.990. The van der Waals surface area contributed by atoms with Gasteiger partial charge in [-0.1, -0.05) is 13.0 Å². The fourth-order valence-electron chi connectivity index (χ4n) is 1.22. The highest BCUT2D eigenvalue weighted by molar-refractivity contribution is 5.37. The normalized spacial score (nSPS) is 10.2. The second-order valence-electron chi connectivity index (χ2n) is 3.47. The molecular formula is C11H19N3. The Morgan fingerprint density at radius 2 is 2.21 bits per heavy atom. The number of anilines is 1. The van der Waals surface area contributed by atoms with Gasteiger partial charge in [0.1, 0.15) is 5.82 Å². The van der Waals surface area contributed by atoms with Gasteiger partial charge in [0.25, 0.3) is 0 Å². The molecule has 0 atom stereocenters. The lowest BCUT2D eigenvalue weighted by Crippen LogP contribution is -2.29. The van der Waals surface area contributed by atoms with Crippen molar-refractivity contribution in [1.82, 2.24) is 10.3 Å². The van der Waals surface area contributed by atoms with Crippen molar-refractivity contribution in [2.75, 3.05) is 31.6 Å². The van der Waals surface area contributed by atoms with E-state index in [9.17, 15) is 0 Å². The Hall–Kier alpha value is -1.09. The molecule has 0 saturated carbocycles. The SMILES string of the molecule is CCNCCN(C)c1ccc(C)cn1. The summed E-state index contributed by atoms with van der Waals surface area (Å²) in [5.41, 5.74) is 1.20. The zero-order valence-electron chi connectivity index (χ0n) is 9.25. The van der Waals surface area contributed by atoms with Crippen molar-refractivity contribution in [1.29, 1.82) is 0 Å². The molecule has 0 aliphatic carbocycles. The Labute approximate surface area is 86.2 Å². The average Bonchev–Trinajstić information content (AvgIpc) is 2.19. The van der Waals surface area contributed by atoms with Crippen molar-refractivity contribution < 1.29 is 0 Å². The molecule has 0 spiro atoms. The fourth-order valence-corrected chi connectivity index (χ4v) is 1.22. The van der Waals surface area contributed by atoms with Crippen molar-refractivity contribution >= 4 is 5.82 Å². The van der Waals surface area contributed by atoms with Gasteiger partial charge in [-0.2, -0.15) is 0 Å². The van der Waals surface area contributed by atoms with Crippen LogP contribution in [0.1, 0.15) is 12.5 Å². The highest BCUT2D eigenvalue weighted by Crippen LogP contribution is 2.07. The van der Waals surface area contributed by atoms with Gasteiger partial charge < -0.3 is 10.2 Å². The van der Waals surface area contributed by atoms with Gasteiger partial charge in [0, 0.05) is 26.3 Å². The number of nitrogens with zero attached hydrogens (tertiary/aromatic N) is 2. The molecule has 0 unspecified atom stereocenters. The first-order chi connectivity index (χ1) is 6.74. The van der Waals surface area contributed by atoms with E-state index >= 15 is 0 Å². The molecule has 0 aliphatic heterocycles. The van der Waals surface area contributed by atoms with Crippen LogP contribution in [0.5, 0.6) is 0 Å². The van der Waals surface area contributed by atoms with Crippen LogP contribution in [0.4, 0.5) is 5.82 Å². The molecular weight excluding hydrogens is 174 g/mol. The molecule has 0 aromatic carbocycles. The lowest BCUT2D eigenvalue weighted by molar-refractivity contribution is 0.702. The van der Waals surface area contributed by atoms with Gasteiger partial charge in [0.15, 0.2) is 0 Å². The Morgan fingerprint density at radius 1 is 1.43 bits per heavy atom. The van der Waals surface area contributed by atoms with E-state index in [4.69, 9.17) is 0 Å². The van der Waals surface area contributed by atoms with Crippen LogP contribution in [-0.2, 0) is 0 Å². The maximum atomic E-state index is 4.36. The number of likely N-dealkylation sites (N-methyl/N-ethyl adjacent to an activating group) is 2. The molecule has 78 valence electrons. The highest BCUT2D eigenvalue weighted by Gasteiger charge is 1.99. The molecule has 0 aliphatic rings. The second-order valence-corrected chi connectivity index (χ2v) is 3.47. The predicted molar refractivity (Wildman–Crippen MR) is 60.8 cm³/mol. The zero-order valence-corrected chi connectivity index (χ0v) is 9.25. The van der Waals surface area contributed by atoms with Crippen molar-refractivity contribution in [2.24, 2.45) is 0 Å². The summed E-state index contributed by atoms with van der Waals surface area (Å²) in [4.78, 5) is 6.51. The van der Waals surface area contributed by atoms with Gasteiger partial charge in [0.2, 0.25) is 0 Å². The van der Waals surface area contributed by atoms with E-state index < -0.39 is 0 Å². The Bertz CT molecular complexity index is 256. The molecule has 1 N–H and O–H groups in total. The molecule has 0 saturated heterocycles. The predicted octanol–water partition coefficient (Wildman–Crippen LogP) is 1.44. The van der Waals surface area contributed by atoms with Crippen molar-refractivity contribution in [3.05, 3.63) is 23.9 Å². The number of rotatable bonds is 5. The molecule has 1 aromatic rings. The zero-order chi connectivity index (χ0) is 10.4. The van der Waals surface area contributed by atoms with Gasteiger partial charge in [-0.05, 0) is 25.1 Å². The smallest absolute Gasteiger partial charge is 0.128 e. The standard InChI is InChI=1S/C11H19N3/c1-4-12-7-8-14(3)11-6-5-10(2)9-13-11/h5-6,9,12H,4,7-8H2,1-3H3. The first-order valence-corrected chi connectivity index (χ1v) is 5.08. The molecule has 1 rings (SSSR count). The topological polar surface area (TPSA) is 28.2 Å². The molecule has 0 bridgehead atoms. The molecule has 3 nitrogen and oxygen atoms in total. The van der Waals surface area contributed by atoms with E-state index in [1.807, 2.05) is 6.20 Å². The van der Waals surface area contributed by atoms with Crippen molar-refractivity contribution in [3.63, 3.8) is 0 Å². The van der Waals surface area contributed by atoms with E-state index in [1.54, 1.807) is 0 Å². The quantitative estimate of drug-likeness (QED) is 0.717. The Balaban J connectivity index is 2.43. The van der Waals surface area contributed by atoms with Gasteiger partial charge in [-0.3, -0.25) is 0 Å². The highest BCUT2D eigenvalue weighted by atomic mass is 15.2. The summed E-state index contributed by atoms with van der Waals surface area (Å²) in [6.45, 7) is 7.18. The average molecular weight is 193 g/mol. The first kappa shape index (κ1) is 11.0. The molecule has 1 aromatic heterocycles. The third kappa shape index (κ3) is 3.34. The van der Waals surface area contributed by atoms with Gasteiger partial charge in [0.05, 0.1) is 0 Å². The summed E-state index contributed by atoms with van der Waals surface area (Å²) in [6, 6.07) is 4.15. The summed E-state index contributed by atoms with van der Waals surface area (Å²) in [5.74, 6) is 1.04. The molecule has 3 heteroatoms. The molecule has 0 amide bonds. The minimum Gasteiger partial charge on any atom is -0.358 e. The summed E-state index contributed by atoms with van der Waals surface area (Å²) >= 11 is 0. The summed E-state index contributed by atoms with van der Waals surface area (Å²) in [6.07, 6.45) is 1.90. The summed E-state index contributed by atoms with van der Waals surface area (Å²) in [5, 5.41) is 3.29. The summed E-state index contributed by atoms with van der Waals surface area (Å²) in [7, 11) is 2.06. The van der Waals surface area contributed by atoms with Crippen LogP contribution < -0.4 is 10.2 Å². The number of hydrogen-bond acceptors (Lipinski definition) is 3. The molecule has 1 heterocycles. The summed E-state index contributed by atoms with van der Waals surface area (Å²) < 4.78 is 0. The first-order valence-electron chi connectivity index (χ1n) is 5.08. The van der Waals surface area contributed by atoms with Gasteiger partial charge >= 0.3 is 0 Å². The third-order valence-corrected chi connectivity index (χ3v) is 2.16. The van der Waals surface area contributed by atoms with E-state index in [1.165, 1.54) is 5.56 Å². The number of hydrogen-bond donors (Lipinski definition) is 1. The van der Waals surface area contributed by atoms with E-state index in [0.717, 1.165) is 25.5 Å². The monoisotopic (exact) mass is 193 g/mol. The third-order valence-electron chi connectivity index (χ3n) is 2.16. The Morgan fingerprint density at radius 3 is 2.79 bits per heavy atom. The van der Waals surface area contributed by atoms with Crippen LogP contribution in [-0.4, -0.2) is 31.7 Å². The number of aryl methyl sites for hydroxylation is 1.